The van der Waals surface area contributed by atoms with Gasteiger partial charge in [0.2, 0.25) is 0 Å². The van der Waals surface area contributed by atoms with Crippen molar-refractivity contribution in [3.05, 3.63) is 35.9 Å². The van der Waals surface area contributed by atoms with Gasteiger partial charge < -0.3 is 10.1 Å². The van der Waals surface area contributed by atoms with Gasteiger partial charge in [-0.05, 0) is 32.8 Å². The molecule has 0 aliphatic carbocycles. The highest BCUT2D eigenvalue weighted by atomic mass is 16.6. The molecule has 0 aliphatic rings. The van der Waals surface area contributed by atoms with Crippen molar-refractivity contribution in [3.63, 3.8) is 0 Å². The summed E-state index contributed by atoms with van der Waals surface area (Å²) >= 11 is 0. The van der Waals surface area contributed by atoms with Gasteiger partial charge in [-0.2, -0.15) is 0 Å². The number of carbonyl (C=O) groups is 1. The Bertz CT molecular complexity index is 381. The van der Waals surface area contributed by atoms with E-state index in [9.17, 15) is 4.79 Å². The molecule has 1 aromatic rings. The van der Waals surface area contributed by atoms with E-state index >= 15 is 0 Å². The van der Waals surface area contributed by atoms with E-state index in [1.54, 1.807) is 0 Å². The topological polar surface area (TPSA) is 38.3 Å². The van der Waals surface area contributed by atoms with Crippen LogP contribution >= 0.6 is 0 Å². The predicted octanol–water partition coefficient (Wildman–Crippen LogP) is 3.46. The van der Waals surface area contributed by atoms with E-state index in [1.807, 2.05) is 39.0 Å². The van der Waals surface area contributed by atoms with Crippen molar-refractivity contribution in [2.75, 3.05) is 6.54 Å². The summed E-state index contributed by atoms with van der Waals surface area (Å²) in [6.07, 6.45) is 2.08. The Kier molecular flexibility index (Phi) is 6.03. The van der Waals surface area contributed by atoms with E-state index < -0.39 is 5.60 Å². The van der Waals surface area contributed by atoms with Crippen LogP contribution in [0, 0.1) is 0 Å². The lowest BCUT2D eigenvalue weighted by molar-refractivity contribution is -0.153. The third-order valence-electron chi connectivity index (χ3n) is 2.69. The predicted molar refractivity (Wildman–Crippen MR) is 77.9 cm³/mol. The minimum atomic E-state index is -0.425. The van der Waals surface area contributed by atoms with Crippen LogP contribution in [0.2, 0.25) is 0 Å². The number of ether oxygens (including phenoxy) is 1. The molecular formula is C16H25NO2. The second-order valence-electron chi connectivity index (χ2n) is 5.72. The van der Waals surface area contributed by atoms with Crippen molar-refractivity contribution in [1.29, 1.82) is 0 Å². The van der Waals surface area contributed by atoms with Gasteiger partial charge in [0.25, 0.3) is 0 Å². The van der Waals surface area contributed by atoms with Gasteiger partial charge in [0.05, 0.1) is 6.54 Å². The maximum Gasteiger partial charge on any atom is 0.320 e. The maximum atomic E-state index is 11.7. The van der Waals surface area contributed by atoms with E-state index in [0.717, 1.165) is 12.8 Å². The molecule has 106 valence electrons. The number of carbonyl (C=O) groups excluding carboxylic acids is 1. The Hall–Kier alpha value is -1.35. The van der Waals surface area contributed by atoms with Crippen LogP contribution in [0.4, 0.5) is 0 Å². The number of hydrogen-bond acceptors (Lipinski definition) is 3. The molecule has 0 aromatic heterocycles. The first-order chi connectivity index (χ1) is 8.92. The van der Waals surface area contributed by atoms with Crippen LogP contribution in [-0.4, -0.2) is 18.1 Å². The summed E-state index contributed by atoms with van der Waals surface area (Å²) in [5, 5.41) is 3.28. The summed E-state index contributed by atoms with van der Waals surface area (Å²) in [5.74, 6) is -0.204. The summed E-state index contributed by atoms with van der Waals surface area (Å²) in [5.41, 5.74) is 0.791. The molecule has 19 heavy (non-hydrogen) atoms. The van der Waals surface area contributed by atoms with Gasteiger partial charge in [-0.3, -0.25) is 4.79 Å². The van der Waals surface area contributed by atoms with Crippen LogP contribution in [-0.2, 0) is 9.53 Å². The van der Waals surface area contributed by atoms with Gasteiger partial charge >= 0.3 is 5.97 Å². The Morgan fingerprint density at radius 2 is 1.89 bits per heavy atom. The van der Waals surface area contributed by atoms with E-state index in [0.29, 0.717) is 0 Å². The first kappa shape index (κ1) is 15.7. The third-order valence-corrected chi connectivity index (χ3v) is 2.69. The molecule has 0 amide bonds. The molecular weight excluding hydrogens is 238 g/mol. The lowest BCUT2D eigenvalue weighted by atomic mass is 10.0. The van der Waals surface area contributed by atoms with E-state index in [4.69, 9.17) is 4.74 Å². The van der Waals surface area contributed by atoms with Crippen molar-refractivity contribution >= 4 is 5.97 Å². The molecule has 0 saturated carbocycles. The molecule has 0 fully saturated rings. The van der Waals surface area contributed by atoms with Crippen molar-refractivity contribution < 1.29 is 9.53 Å². The van der Waals surface area contributed by atoms with Crippen LogP contribution in [0.5, 0.6) is 0 Å². The maximum absolute atomic E-state index is 11.7. The molecule has 1 unspecified atom stereocenters. The summed E-state index contributed by atoms with van der Waals surface area (Å²) in [6, 6.07) is 10.4. The molecule has 1 atom stereocenters. The average Bonchev–Trinajstić information content (AvgIpc) is 2.33. The minimum absolute atomic E-state index is 0.204. The third kappa shape index (κ3) is 6.39. The van der Waals surface area contributed by atoms with Gasteiger partial charge in [0.1, 0.15) is 5.60 Å². The fourth-order valence-electron chi connectivity index (χ4n) is 1.94. The van der Waals surface area contributed by atoms with Crippen LogP contribution in [0.15, 0.2) is 30.3 Å². The second-order valence-corrected chi connectivity index (χ2v) is 5.72. The summed E-state index contributed by atoms with van der Waals surface area (Å²) in [7, 11) is 0. The fraction of sp³-hybridized carbons (Fsp3) is 0.562. The molecule has 3 nitrogen and oxygen atoms in total. The molecule has 0 heterocycles. The number of rotatable bonds is 6. The number of esters is 1. The zero-order valence-electron chi connectivity index (χ0n) is 12.4. The highest BCUT2D eigenvalue weighted by Crippen LogP contribution is 2.18. The van der Waals surface area contributed by atoms with E-state index in [-0.39, 0.29) is 18.6 Å². The molecule has 1 rings (SSSR count). The zero-order chi connectivity index (χ0) is 14.3. The normalized spacial score (nSPS) is 13.1. The van der Waals surface area contributed by atoms with Crippen LogP contribution in [0.3, 0.4) is 0 Å². The van der Waals surface area contributed by atoms with Gasteiger partial charge in [0, 0.05) is 6.04 Å². The van der Waals surface area contributed by atoms with Crippen LogP contribution in [0.25, 0.3) is 0 Å². The molecule has 0 radical (unpaired) electrons. The highest BCUT2D eigenvalue weighted by Gasteiger charge is 2.17. The Morgan fingerprint density at radius 1 is 1.26 bits per heavy atom. The molecule has 3 heteroatoms. The standard InChI is InChI=1S/C16H25NO2/c1-5-9-14(13-10-7-6-8-11-13)17-12-15(18)19-16(2,3)4/h6-8,10-11,14,17H,5,9,12H2,1-4H3. The largest absolute Gasteiger partial charge is 0.459 e. The molecule has 0 spiro atoms. The Balaban J connectivity index is 2.54. The first-order valence-corrected chi connectivity index (χ1v) is 6.92. The number of nitrogens with one attached hydrogen (secondary N) is 1. The van der Waals surface area contributed by atoms with Crippen molar-refractivity contribution in [1.82, 2.24) is 5.32 Å². The molecule has 0 saturated heterocycles. The Labute approximate surface area is 116 Å². The van der Waals surface area contributed by atoms with E-state index in [2.05, 4.69) is 24.4 Å². The van der Waals surface area contributed by atoms with Gasteiger partial charge in [-0.15, -0.1) is 0 Å². The summed E-state index contributed by atoms with van der Waals surface area (Å²) in [4.78, 5) is 11.7. The molecule has 0 bridgehead atoms. The monoisotopic (exact) mass is 263 g/mol. The summed E-state index contributed by atoms with van der Waals surface area (Å²) < 4.78 is 5.30. The summed E-state index contributed by atoms with van der Waals surface area (Å²) in [6.45, 7) is 8.03. The first-order valence-electron chi connectivity index (χ1n) is 6.92. The number of benzene rings is 1. The van der Waals surface area contributed by atoms with Gasteiger partial charge in [-0.1, -0.05) is 43.7 Å². The van der Waals surface area contributed by atoms with Crippen molar-refractivity contribution in [2.45, 2.75) is 52.2 Å². The molecule has 0 aliphatic heterocycles. The average molecular weight is 263 g/mol. The van der Waals surface area contributed by atoms with Crippen molar-refractivity contribution in [2.24, 2.45) is 0 Å². The van der Waals surface area contributed by atoms with Crippen LogP contribution in [0.1, 0.15) is 52.1 Å². The zero-order valence-corrected chi connectivity index (χ0v) is 12.4. The lowest BCUT2D eigenvalue weighted by Crippen LogP contribution is -2.33. The SMILES string of the molecule is CCCC(NCC(=O)OC(C)(C)C)c1ccccc1. The van der Waals surface area contributed by atoms with Crippen LogP contribution < -0.4 is 5.32 Å². The quantitative estimate of drug-likeness (QED) is 0.799. The van der Waals surface area contributed by atoms with Gasteiger partial charge in [-0.25, -0.2) is 0 Å². The lowest BCUT2D eigenvalue weighted by Gasteiger charge is -2.22. The second kappa shape index (κ2) is 7.29. The highest BCUT2D eigenvalue weighted by molar-refractivity contribution is 5.72. The Morgan fingerprint density at radius 3 is 2.42 bits per heavy atom. The fourth-order valence-corrected chi connectivity index (χ4v) is 1.94. The van der Waals surface area contributed by atoms with Gasteiger partial charge in [0.15, 0.2) is 0 Å². The number of hydrogen-bond donors (Lipinski definition) is 1. The minimum Gasteiger partial charge on any atom is -0.459 e. The van der Waals surface area contributed by atoms with Crippen molar-refractivity contribution in [3.8, 4) is 0 Å². The molecule has 1 N–H and O–H groups in total. The van der Waals surface area contributed by atoms with E-state index in [1.165, 1.54) is 5.56 Å². The molecule has 1 aromatic carbocycles. The smallest absolute Gasteiger partial charge is 0.320 e.